The molecule has 0 radical (unpaired) electrons. The zero-order chi connectivity index (χ0) is 66.7. The summed E-state index contributed by atoms with van der Waals surface area (Å²) in [6, 6.07) is 54.2. The summed E-state index contributed by atoms with van der Waals surface area (Å²) in [4.78, 5) is 30.9. The lowest BCUT2D eigenvalue weighted by Gasteiger charge is -2.29. The highest BCUT2D eigenvalue weighted by Gasteiger charge is 2.33. The maximum atomic E-state index is 6.42. The van der Waals surface area contributed by atoms with Gasteiger partial charge >= 0.3 is 0 Å². The molecule has 7 aromatic rings. The van der Waals surface area contributed by atoms with Gasteiger partial charge in [-0.25, -0.2) is 30.0 Å². The lowest BCUT2D eigenvalue weighted by Crippen LogP contribution is -2.09. The predicted molar refractivity (Wildman–Crippen MR) is 393 cm³/mol. The second kappa shape index (κ2) is 29.0. The van der Waals surface area contributed by atoms with E-state index in [1.807, 2.05) is 0 Å². The number of ether oxygens (including phenoxy) is 6. The van der Waals surface area contributed by atoms with E-state index in [9.17, 15) is 0 Å². The second-order valence-electron chi connectivity index (χ2n) is 29.9. The molecule has 12 heteroatoms. The first-order valence-corrected chi connectivity index (χ1v) is 35.6. The summed E-state index contributed by atoms with van der Waals surface area (Å²) in [6.45, 7) is 30.4. The largest absolute Gasteiger partial charge is 0.475 e. The van der Waals surface area contributed by atoms with Crippen molar-refractivity contribution in [2.75, 3.05) is 39.6 Å². The lowest BCUT2D eigenvalue weighted by molar-refractivity contribution is 0.301. The molecule has 0 saturated carbocycles. The fourth-order valence-corrected chi connectivity index (χ4v) is 14.6. The molecule has 0 spiro atoms. The molecule has 6 aliphatic heterocycles. The number of hydrogen-bond acceptors (Lipinski definition) is 12. The van der Waals surface area contributed by atoms with Crippen molar-refractivity contribution in [3.8, 4) is 66.8 Å². The molecular formula is C84H96N6O6. The SMILES string of the molecule is CC(C)C[C@H]1COC(c2ccc(-c3c(-c4ccc(C5=N[C@@H](CC(C)C)CO5)cc4)c(-c4ccc(C5=N[C@@H](CC(C)C)CO5)cc4)c(-c4ccc(C5=N[C@@H](CC(C)C)CO5)cc4)c(-c4ccc(C5=N[C@@H](CC(C)C)CO5)cc4)c3-c3ccc(C4=N[C@@H](CC(C)C)CO4)cc3)cc2)=N1. The molecule has 0 unspecified atom stereocenters. The van der Waals surface area contributed by atoms with E-state index in [2.05, 4.69) is 229 Å². The number of benzene rings is 7. The Morgan fingerprint density at radius 1 is 0.208 bits per heavy atom. The van der Waals surface area contributed by atoms with Crippen LogP contribution < -0.4 is 0 Å². The van der Waals surface area contributed by atoms with Gasteiger partial charge in [0, 0.05) is 33.4 Å². The van der Waals surface area contributed by atoms with Gasteiger partial charge in [-0.2, -0.15) is 0 Å². The highest BCUT2D eigenvalue weighted by Crippen LogP contribution is 2.56. The van der Waals surface area contributed by atoms with Gasteiger partial charge in [0.05, 0.1) is 36.3 Å². The number of rotatable bonds is 24. The van der Waals surface area contributed by atoms with Crippen LogP contribution in [0.2, 0.25) is 0 Å². The number of aliphatic imine (C=N–C) groups is 6. The molecule has 0 amide bonds. The van der Waals surface area contributed by atoms with Crippen LogP contribution in [-0.4, -0.2) is 111 Å². The first kappa shape index (κ1) is 66.0. The van der Waals surface area contributed by atoms with Crippen LogP contribution in [0.25, 0.3) is 66.8 Å². The Morgan fingerprint density at radius 2 is 0.323 bits per heavy atom. The average Bonchev–Trinajstić information content (AvgIpc) is 0.910. The Hall–Kier alpha value is -8.64. The van der Waals surface area contributed by atoms with Gasteiger partial charge in [-0.3, -0.25) is 0 Å². The maximum Gasteiger partial charge on any atom is 0.216 e. The van der Waals surface area contributed by atoms with Crippen LogP contribution in [0.3, 0.4) is 0 Å². The average molecular weight is 1290 g/mol. The Kier molecular flexibility index (Phi) is 19.9. The molecule has 0 N–H and O–H groups in total. The van der Waals surface area contributed by atoms with Crippen LogP contribution in [0.15, 0.2) is 176 Å². The van der Waals surface area contributed by atoms with Crippen molar-refractivity contribution in [2.24, 2.45) is 65.5 Å². The van der Waals surface area contributed by atoms with E-state index in [4.69, 9.17) is 58.4 Å². The van der Waals surface area contributed by atoms with E-state index in [-0.39, 0.29) is 36.3 Å². The third-order valence-electron chi connectivity index (χ3n) is 18.8. The zero-order valence-electron chi connectivity index (χ0n) is 58.4. The molecule has 6 aliphatic rings. The summed E-state index contributed by atoms with van der Waals surface area (Å²) < 4.78 is 38.5. The molecule has 96 heavy (non-hydrogen) atoms. The van der Waals surface area contributed by atoms with Gasteiger partial charge in [0.15, 0.2) is 0 Å². The fourth-order valence-electron chi connectivity index (χ4n) is 14.6. The smallest absolute Gasteiger partial charge is 0.216 e. The van der Waals surface area contributed by atoms with Crippen LogP contribution in [0.4, 0.5) is 0 Å². The molecule has 0 fully saturated rings. The molecule has 0 saturated heterocycles. The van der Waals surface area contributed by atoms with Gasteiger partial charge < -0.3 is 28.4 Å². The summed E-state index contributed by atoms with van der Waals surface area (Å²) in [7, 11) is 0. The van der Waals surface area contributed by atoms with E-state index in [0.717, 1.165) is 139 Å². The summed E-state index contributed by atoms with van der Waals surface area (Å²) in [5.74, 6) is 7.08. The van der Waals surface area contributed by atoms with Crippen molar-refractivity contribution in [1.29, 1.82) is 0 Å². The topological polar surface area (TPSA) is 130 Å². The molecule has 498 valence electrons. The van der Waals surface area contributed by atoms with E-state index >= 15 is 0 Å². The van der Waals surface area contributed by atoms with Crippen molar-refractivity contribution < 1.29 is 28.4 Å². The molecule has 13 rings (SSSR count). The van der Waals surface area contributed by atoms with Gasteiger partial charge in [0.25, 0.3) is 0 Å². The maximum absolute atomic E-state index is 6.42. The van der Waals surface area contributed by atoms with Gasteiger partial charge in [-0.15, -0.1) is 0 Å². The van der Waals surface area contributed by atoms with Crippen molar-refractivity contribution in [3.63, 3.8) is 0 Å². The predicted octanol–water partition coefficient (Wildman–Crippen LogP) is 18.8. The highest BCUT2D eigenvalue weighted by atomic mass is 16.5. The lowest BCUT2D eigenvalue weighted by atomic mass is 9.74. The second-order valence-corrected chi connectivity index (χ2v) is 29.9. The van der Waals surface area contributed by atoms with E-state index < -0.39 is 0 Å². The van der Waals surface area contributed by atoms with Crippen LogP contribution in [0.5, 0.6) is 0 Å². The molecule has 0 aliphatic carbocycles. The number of nitrogens with zero attached hydrogens (tertiary/aromatic N) is 6. The Balaban J connectivity index is 1.11. The quantitative estimate of drug-likeness (QED) is 0.0592. The monoisotopic (exact) mass is 1280 g/mol. The van der Waals surface area contributed by atoms with Crippen LogP contribution in [0.1, 0.15) is 155 Å². The van der Waals surface area contributed by atoms with Crippen LogP contribution in [-0.2, 0) is 28.4 Å². The van der Waals surface area contributed by atoms with Crippen LogP contribution in [0, 0.1) is 35.5 Å². The van der Waals surface area contributed by atoms with Gasteiger partial charge in [0.1, 0.15) is 39.6 Å². The fraction of sp³-hybridized carbons (Fsp3) is 0.429. The third-order valence-corrected chi connectivity index (χ3v) is 18.8. The summed E-state index contributed by atoms with van der Waals surface area (Å²) >= 11 is 0. The first-order chi connectivity index (χ1) is 46.4. The summed E-state index contributed by atoms with van der Waals surface area (Å²) in [6.07, 6.45) is 5.78. The minimum atomic E-state index is 0.111. The van der Waals surface area contributed by atoms with Crippen molar-refractivity contribution in [1.82, 2.24) is 0 Å². The normalized spacial score (nSPS) is 20.7. The highest BCUT2D eigenvalue weighted by molar-refractivity contribution is 6.16. The molecule has 0 bridgehead atoms. The van der Waals surface area contributed by atoms with E-state index in [1.54, 1.807) is 0 Å². The molecular weight excluding hydrogens is 1190 g/mol. The third kappa shape index (κ3) is 15.0. The van der Waals surface area contributed by atoms with Gasteiger partial charge in [-0.05, 0) is 214 Å². The van der Waals surface area contributed by atoms with Crippen molar-refractivity contribution >= 4 is 35.4 Å². The summed E-state index contributed by atoms with van der Waals surface area (Å²) in [5, 5.41) is 0. The molecule has 6 atom stereocenters. The Morgan fingerprint density at radius 3 is 0.438 bits per heavy atom. The zero-order valence-corrected chi connectivity index (χ0v) is 58.4. The van der Waals surface area contributed by atoms with Crippen molar-refractivity contribution in [3.05, 3.63) is 179 Å². The van der Waals surface area contributed by atoms with E-state index in [1.165, 1.54) is 0 Å². The van der Waals surface area contributed by atoms with Gasteiger partial charge in [-0.1, -0.05) is 156 Å². The molecule has 6 heterocycles. The standard InChI is InChI=1S/C84H96N6O6/c1-49(2)37-67-43-91-79(85-67)61-25-13-55(14-26-61)73-74(56-15-27-62(28-16-56)80-86-68(44-92-80)38-50(3)4)76(58-19-31-64(32-20-58)82-88-70(46-94-82)40-52(7)8)78(60-23-35-66(36-24-60)84-90-72(48-96-84)42-54(11)12)77(59-21-33-65(34-22-59)83-89-71(47-95-83)41-53(9)10)75(73)57-17-29-63(30-18-57)81-87-69(45-93-81)39-51(5)6/h13-36,49-54,67-72H,37-48H2,1-12H3/t67-,68-,69-,70-,71-,72-/m0/s1. The molecule has 7 aromatic carbocycles. The van der Waals surface area contributed by atoms with Gasteiger partial charge in [0.2, 0.25) is 35.4 Å². The molecule has 12 nitrogen and oxygen atoms in total. The minimum absolute atomic E-state index is 0.111. The Bertz CT molecular complexity index is 3380. The molecule has 0 aromatic heterocycles. The number of hydrogen-bond donors (Lipinski definition) is 0. The van der Waals surface area contributed by atoms with Crippen LogP contribution >= 0.6 is 0 Å². The minimum Gasteiger partial charge on any atom is -0.475 e. The first-order valence-electron chi connectivity index (χ1n) is 35.6. The van der Waals surface area contributed by atoms with Crippen molar-refractivity contribution in [2.45, 2.75) is 158 Å². The summed E-state index contributed by atoms with van der Waals surface area (Å²) in [5.41, 5.74) is 18.1. The van der Waals surface area contributed by atoms with E-state index in [0.29, 0.717) is 111 Å². The Labute approximate surface area is 569 Å².